The lowest BCUT2D eigenvalue weighted by molar-refractivity contribution is 0.0696. The molecule has 0 radical (unpaired) electrons. The SMILES string of the molecule is O=C(O)c1ccc2c(c1)Sc1cc3c(cc1C(O)C2)CCC3. The molecule has 1 unspecified atom stereocenters. The second-order valence-electron chi connectivity index (χ2n) is 5.96. The van der Waals surface area contributed by atoms with E-state index in [0.717, 1.165) is 33.8 Å². The zero-order valence-electron chi connectivity index (χ0n) is 12.0. The number of aliphatic hydroxyl groups excluding tert-OH is 1. The number of carbonyl (C=O) groups is 1. The van der Waals surface area contributed by atoms with Crippen LogP contribution in [0.3, 0.4) is 0 Å². The Morgan fingerprint density at radius 2 is 1.82 bits per heavy atom. The largest absolute Gasteiger partial charge is 0.478 e. The molecular formula is C18H16O3S. The molecule has 2 aromatic rings. The Balaban J connectivity index is 1.83. The lowest BCUT2D eigenvalue weighted by atomic mass is 9.97. The molecule has 1 atom stereocenters. The molecule has 0 spiro atoms. The highest BCUT2D eigenvalue weighted by Crippen LogP contribution is 2.43. The Hall–Kier alpha value is -1.78. The molecule has 1 aliphatic carbocycles. The molecule has 2 N–H and O–H groups in total. The minimum absolute atomic E-state index is 0.297. The Labute approximate surface area is 133 Å². The Morgan fingerprint density at radius 3 is 2.59 bits per heavy atom. The van der Waals surface area contributed by atoms with Gasteiger partial charge in [0, 0.05) is 16.2 Å². The number of aliphatic hydroxyl groups is 1. The van der Waals surface area contributed by atoms with Gasteiger partial charge in [-0.05, 0) is 59.7 Å². The van der Waals surface area contributed by atoms with Crippen LogP contribution in [0.2, 0.25) is 0 Å². The third kappa shape index (κ3) is 2.23. The van der Waals surface area contributed by atoms with Crippen LogP contribution in [-0.2, 0) is 19.3 Å². The van der Waals surface area contributed by atoms with Crippen molar-refractivity contribution >= 4 is 17.7 Å². The quantitative estimate of drug-likeness (QED) is 0.844. The Kier molecular flexibility index (Phi) is 3.24. The predicted octanol–water partition coefficient (Wildman–Crippen LogP) is 3.61. The number of carboxylic acid groups (broad SMARTS) is 1. The first-order valence-corrected chi connectivity index (χ1v) is 8.31. The average Bonchev–Trinajstić information content (AvgIpc) is 2.89. The minimum Gasteiger partial charge on any atom is -0.478 e. The Morgan fingerprint density at radius 1 is 1.05 bits per heavy atom. The van der Waals surface area contributed by atoms with Crippen LogP contribution in [-0.4, -0.2) is 16.2 Å². The zero-order chi connectivity index (χ0) is 15.3. The van der Waals surface area contributed by atoms with Gasteiger partial charge in [0.1, 0.15) is 0 Å². The van der Waals surface area contributed by atoms with Crippen molar-refractivity contribution < 1.29 is 15.0 Å². The highest BCUT2D eigenvalue weighted by molar-refractivity contribution is 7.99. The summed E-state index contributed by atoms with van der Waals surface area (Å²) in [6, 6.07) is 9.50. The summed E-state index contributed by atoms with van der Waals surface area (Å²) >= 11 is 1.58. The van der Waals surface area contributed by atoms with Gasteiger partial charge < -0.3 is 10.2 Å². The molecule has 0 saturated heterocycles. The van der Waals surface area contributed by atoms with E-state index >= 15 is 0 Å². The molecule has 3 nitrogen and oxygen atoms in total. The van der Waals surface area contributed by atoms with Gasteiger partial charge in [0.05, 0.1) is 11.7 Å². The van der Waals surface area contributed by atoms with E-state index in [2.05, 4.69) is 12.1 Å². The molecule has 0 amide bonds. The smallest absolute Gasteiger partial charge is 0.335 e. The molecular weight excluding hydrogens is 296 g/mol. The number of rotatable bonds is 1. The predicted molar refractivity (Wildman–Crippen MR) is 84.7 cm³/mol. The molecule has 0 aromatic heterocycles. The van der Waals surface area contributed by atoms with Crippen LogP contribution in [0.25, 0.3) is 0 Å². The van der Waals surface area contributed by atoms with Gasteiger partial charge in [-0.15, -0.1) is 0 Å². The third-order valence-electron chi connectivity index (χ3n) is 4.53. The summed E-state index contributed by atoms with van der Waals surface area (Å²) in [7, 11) is 0. The summed E-state index contributed by atoms with van der Waals surface area (Å²) in [6.45, 7) is 0. The molecule has 2 aliphatic rings. The number of fused-ring (bicyclic) bond motifs is 3. The highest BCUT2D eigenvalue weighted by atomic mass is 32.2. The van der Waals surface area contributed by atoms with E-state index in [1.165, 1.54) is 17.5 Å². The monoisotopic (exact) mass is 312 g/mol. The number of carboxylic acids is 1. The van der Waals surface area contributed by atoms with Gasteiger partial charge in [0.2, 0.25) is 0 Å². The standard InChI is InChI=1S/C18H16O3S/c19-15-7-12-4-5-13(18(20)21)9-16(12)22-17-8-11-3-1-2-10(11)6-14(15)17/h4-6,8-9,15,19H,1-3,7H2,(H,20,21). The minimum atomic E-state index is -0.914. The lowest BCUT2D eigenvalue weighted by Gasteiger charge is -2.13. The summed E-state index contributed by atoms with van der Waals surface area (Å²) in [5.41, 5.74) is 5.02. The average molecular weight is 312 g/mol. The van der Waals surface area contributed by atoms with Crippen molar-refractivity contribution in [2.45, 2.75) is 41.6 Å². The van der Waals surface area contributed by atoms with Crippen molar-refractivity contribution in [2.24, 2.45) is 0 Å². The summed E-state index contributed by atoms with van der Waals surface area (Å²) in [5, 5.41) is 19.7. The van der Waals surface area contributed by atoms with Crippen LogP contribution >= 0.6 is 11.8 Å². The molecule has 22 heavy (non-hydrogen) atoms. The molecule has 0 saturated carbocycles. The normalized spacial score (nSPS) is 19.0. The van der Waals surface area contributed by atoms with Crippen LogP contribution in [0, 0.1) is 0 Å². The molecule has 0 fully saturated rings. The second-order valence-corrected chi connectivity index (χ2v) is 7.05. The van der Waals surface area contributed by atoms with Crippen molar-refractivity contribution in [2.75, 3.05) is 0 Å². The first kappa shape index (κ1) is 13.9. The zero-order valence-corrected chi connectivity index (χ0v) is 12.8. The third-order valence-corrected chi connectivity index (χ3v) is 5.70. The number of hydrogen-bond donors (Lipinski definition) is 2. The fraction of sp³-hybridized carbons (Fsp3) is 0.278. The van der Waals surface area contributed by atoms with E-state index in [-0.39, 0.29) is 0 Å². The van der Waals surface area contributed by atoms with E-state index in [1.807, 2.05) is 6.07 Å². The van der Waals surface area contributed by atoms with Crippen molar-refractivity contribution in [1.82, 2.24) is 0 Å². The maximum atomic E-state index is 11.2. The maximum absolute atomic E-state index is 11.2. The molecule has 1 aliphatic heterocycles. The van der Waals surface area contributed by atoms with Crippen molar-refractivity contribution in [1.29, 1.82) is 0 Å². The summed E-state index contributed by atoms with van der Waals surface area (Å²) < 4.78 is 0. The molecule has 0 bridgehead atoms. The summed E-state index contributed by atoms with van der Waals surface area (Å²) in [4.78, 5) is 13.2. The lowest BCUT2D eigenvalue weighted by Crippen LogP contribution is -2.03. The topological polar surface area (TPSA) is 57.5 Å². The van der Waals surface area contributed by atoms with Gasteiger partial charge in [-0.3, -0.25) is 0 Å². The number of hydrogen-bond acceptors (Lipinski definition) is 3. The first-order chi connectivity index (χ1) is 10.6. The van der Waals surface area contributed by atoms with Crippen LogP contribution < -0.4 is 0 Å². The van der Waals surface area contributed by atoms with E-state index in [4.69, 9.17) is 0 Å². The van der Waals surface area contributed by atoms with Gasteiger partial charge in [-0.1, -0.05) is 23.9 Å². The van der Waals surface area contributed by atoms with Gasteiger partial charge in [-0.25, -0.2) is 4.79 Å². The van der Waals surface area contributed by atoms with Crippen molar-refractivity contribution in [3.8, 4) is 0 Å². The van der Waals surface area contributed by atoms with E-state index in [0.29, 0.717) is 12.0 Å². The molecule has 2 aromatic carbocycles. The molecule has 112 valence electrons. The first-order valence-electron chi connectivity index (χ1n) is 7.49. The van der Waals surface area contributed by atoms with Gasteiger partial charge in [-0.2, -0.15) is 0 Å². The van der Waals surface area contributed by atoms with Crippen LogP contribution in [0.4, 0.5) is 0 Å². The van der Waals surface area contributed by atoms with Crippen molar-refractivity contribution in [3.05, 3.63) is 58.1 Å². The Bertz CT molecular complexity index is 782. The summed E-state index contributed by atoms with van der Waals surface area (Å²) in [5.74, 6) is -0.914. The van der Waals surface area contributed by atoms with E-state index in [9.17, 15) is 15.0 Å². The van der Waals surface area contributed by atoms with Gasteiger partial charge in [0.15, 0.2) is 0 Å². The van der Waals surface area contributed by atoms with Gasteiger partial charge >= 0.3 is 5.97 Å². The highest BCUT2D eigenvalue weighted by Gasteiger charge is 2.24. The number of aryl methyl sites for hydroxylation is 2. The van der Waals surface area contributed by atoms with Crippen LogP contribution in [0.5, 0.6) is 0 Å². The van der Waals surface area contributed by atoms with E-state index < -0.39 is 12.1 Å². The molecule has 1 heterocycles. The second kappa shape index (κ2) is 5.14. The molecule has 4 rings (SSSR count). The number of benzene rings is 2. The van der Waals surface area contributed by atoms with Crippen molar-refractivity contribution in [3.63, 3.8) is 0 Å². The summed E-state index contributed by atoms with van der Waals surface area (Å²) in [6.07, 6.45) is 3.38. The number of aromatic carboxylic acids is 1. The fourth-order valence-corrected chi connectivity index (χ4v) is 4.58. The van der Waals surface area contributed by atoms with Gasteiger partial charge in [0.25, 0.3) is 0 Å². The van der Waals surface area contributed by atoms with E-state index in [1.54, 1.807) is 23.9 Å². The fourth-order valence-electron chi connectivity index (χ4n) is 3.36. The maximum Gasteiger partial charge on any atom is 0.335 e. The van der Waals surface area contributed by atoms with Crippen LogP contribution in [0.1, 0.15) is 45.1 Å². The molecule has 4 heteroatoms. The van der Waals surface area contributed by atoms with Crippen LogP contribution in [0.15, 0.2) is 40.1 Å².